The fraction of sp³-hybridized carbons (Fsp3) is 0.238. The van der Waals surface area contributed by atoms with E-state index in [2.05, 4.69) is 85.9 Å². The normalized spacial score (nSPS) is 16.8. The van der Waals surface area contributed by atoms with Crippen LogP contribution in [0.5, 0.6) is 0 Å². The second-order valence-electron chi connectivity index (χ2n) is 7.02. The zero-order chi connectivity index (χ0) is 19.8. The summed E-state index contributed by atoms with van der Waals surface area (Å²) in [6, 6.07) is 10.6. The molecule has 4 aromatic rings. The van der Waals surface area contributed by atoms with E-state index in [-0.39, 0.29) is 12.2 Å². The number of nitrogens with one attached hydrogen (secondary N) is 2. The SMILES string of the molecule is CCC(Nc1ncnc2nc[nH]c12)C1N=c2ccsc2=CN1c1ccccc1C. The van der Waals surface area contributed by atoms with Crippen LogP contribution >= 0.6 is 11.3 Å². The van der Waals surface area contributed by atoms with E-state index >= 15 is 0 Å². The monoisotopic (exact) mass is 403 g/mol. The van der Waals surface area contributed by atoms with Gasteiger partial charge in [0.1, 0.15) is 18.0 Å². The Labute approximate surface area is 171 Å². The minimum absolute atomic E-state index is 0.0420. The standard InChI is InChI=1S/C21H21N7S/c1-3-14(26-20-18-19(23-11-22-18)24-12-25-20)21-27-15-8-9-29-17(15)10-28(21)16-7-5-4-6-13(16)2/h4-12,14,21H,3H2,1-2H3,(H2,22,23,24,25,26). The number of H-pyrrole nitrogens is 1. The average Bonchev–Trinajstić information content (AvgIpc) is 3.40. The van der Waals surface area contributed by atoms with E-state index < -0.39 is 0 Å². The van der Waals surface area contributed by atoms with Crippen molar-refractivity contribution in [3.8, 4) is 0 Å². The highest BCUT2D eigenvalue weighted by Crippen LogP contribution is 2.27. The molecule has 0 bridgehead atoms. The third-order valence-corrected chi connectivity index (χ3v) is 6.07. The number of benzene rings is 1. The smallest absolute Gasteiger partial charge is 0.182 e. The number of anilines is 2. The van der Waals surface area contributed by atoms with Gasteiger partial charge in [0.05, 0.1) is 22.3 Å². The maximum atomic E-state index is 5.11. The minimum Gasteiger partial charge on any atom is -0.361 e. The summed E-state index contributed by atoms with van der Waals surface area (Å²) >= 11 is 1.71. The van der Waals surface area contributed by atoms with Crippen LogP contribution in [0.2, 0.25) is 0 Å². The van der Waals surface area contributed by atoms with E-state index in [0.29, 0.717) is 5.65 Å². The number of hydrogen-bond donors (Lipinski definition) is 2. The summed E-state index contributed by atoms with van der Waals surface area (Å²) in [7, 11) is 0. The molecule has 146 valence electrons. The lowest BCUT2D eigenvalue weighted by Gasteiger charge is -2.36. The number of aromatic amines is 1. The number of nitrogens with zero attached hydrogens (tertiary/aromatic N) is 5. The van der Waals surface area contributed by atoms with Crippen molar-refractivity contribution >= 4 is 40.2 Å². The number of imidazole rings is 1. The van der Waals surface area contributed by atoms with Crippen molar-refractivity contribution in [1.82, 2.24) is 19.9 Å². The summed E-state index contributed by atoms with van der Waals surface area (Å²) in [4.78, 5) is 23.4. The van der Waals surface area contributed by atoms with Crippen LogP contribution in [-0.2, 0) is 0 Å². The molecule has 0 spiro atoms. The zero-order valence-electron chi connectivity index (χ0n) is 16.2. The third kappa shape index (κ3) is 3.15. The molecule has 1 aliphatic heterocycles. The van der Waals surface area contributed by atoms with Crippen LogP contribution in [0.15, 0.2) is 53.4 Å². The van der Waals surface area contributed by atoms with E-state index in [4.69, 9.17) is 4.99 Å². The van der Waals surface area contributed by atoms with Gasteiger partial charge in [0.25, 0.3) is 0 Å². The van der Waals surface area contributed by atoms with Gasteiger partial charge >= 0.3 is 0 Å². The average molecular weight is 404 g/mol. The van der Waals surface area contributed by atoms with Gasteiger partial charge < -0.3 is 15.2 Å². The maximum Gasteiger partial charge on any atom is 0.182 e. The molecular formula is C21H21N7S. The molecule has 0 saturated heterocycles. The van der Waals surface area contributed by atoms with Crippen LogP contribution in [0.1, 0.15) is 18.9 Å². The van der Waals surface area contributed by atoms with Gasteiger partial charge in [0.15, 0.2) is 11.5 Å². The molecule has 0 aliphatic carbocycles. The summed E-state index contributed by atoms with van der Waals surface area (Å²) < 4.78 is 1.18. The summed E-state index contributed by atoms with van der Waals surface area (Å²) in [6.07, 6.45) is 6.18. The Bertz CT molecular complexity index is 1280. The molecule has 3 aromatic heterocycles. The first-order valence-electron chi connectivity index (χ1n) is 9.62. The Balaban J connectivity index is 1.58. The molecule has 0 saturated carbocycles. The Morgan fingerprint density at radius 1 is 1.21 bits per heavy atom. The van der Waals surface area contributed by atoms with Crippen LogP contribution in [0.4, 0.5) is 11.5 Å². The van der Waals surface area contributed by atoms with E-state index in [1.165, 1.54) is 10.1 Å². The summed E-state index contributed by atoms with van der Waals surface area (Å²) in [5.41, 5.74) is 3.84. The number of aryl methyl sites for hydroxylation is 1. The number of rotatable bonds is 5. The highest BCUT2D eigenvalue weighted by Gasteiger charge is 2.29. The highest BCUT2D eigenvalue weighted by molar-refractivity contribution is 7.07. The topological polar surface area (TPSA) is 82.1 Å². The molecule has 7 nitrogen and oxygen atoms in total. The molecule has 1 aromatic carbocycles. The number of aromatic nitrogens is 4. The van der Waals surface area contributed by atoms with Gasteiger partial charge in [-0.1, -0.05) is 25.1 Å². The molecule has 8 heteroatoms. The number of hydrogen-bond acceptors (Lipinski definition) is 7. The Morgan fingerprint density at radius 2 is 2.10 bits per heavy atom. The van der Waals surface area contributed by atoms with Gasteiger partial charge in [-0.15, -0.1) is 11.3 Å². The zero-order valence-corrected chi connectivity index (χ0v) is 17.0. The minimum atomic E-state index is -0.101. The Kier molecular flexibility index (Phi) is 4.48. The molecule has 2 N–H and O–H groups in total. The van der Waals surface area contributed by atoms with Gasteiger partial charge in [0.2, 0.25) is 0 Å². The molecule has 1 aliphatic rings. The van der Waals surface area contributed by atoms with E-state index in [1.807, 2.05) is 0 Å². The summed E-state index contributed by atoms with van der Waals surface area (Å²) in [6.45, 7) is 4.30. The fourth-order valence-corrected chi connectivity index (χ4v) is 4.47. The van der Waals surface area contributed by atoms with Crippen molar-refractivity contribution in [2.75, 3.05) is 10.2 Å². The van der Waals surface area contributed by atoms with Gasteiger partial charge in [-0.2, -0.15) is 0 Å². The molecule has 4 heterocycles. The van der Waals surface area contributed by atoms with E-state index in [9.17, 15) is 0 Å². The summed E-state index contributed by atoms with van der Waals surface area (Å²) in [5.74, 6) is 0.746. The predicted molar refractivity (Wildman–Crippen MR) is 116 cm³/mol. The van der Waals surface area contributed by atoms with Crippen LogP contribution in [-0.4, -0.2) is 32.1 Å². The van der Waals surface area contributed by atoms with Crippen molar-refractivity contribution in [3.05, 3.63) is 63.8 Å². The van der Waals surface area contributed by atoms with Gasteiger partial charge in [0, 0.05) is 11.9 Å². The Hall–Kier alpha value is -3.26. The number of fused-ring (bicyclic) bond motifs is 2. The summed E-state index contributed by atoms with van der Waals surface area (Å²) in [5, 5.41) is 6.73. The Morgan fingerprint density at radius 3 is 2.97 bits per heavy atom. The second-order valence-corrected chi connectivity index (χ2v) is 7.97. The molecule has 5 rings (SSSR count). The van der Waals surface area contributed by atoms with Crippen molar-refractivity contribution in [2.45, 2.75) is 32.5 Å². The molecule has 0 fully saturated rings. The number of thiophene rings is 1. The van der Waals surface area contributed by atoms with Crippen molar-refractivity contribution in [1.29, 1.82) is 0 Å². The van der Waals surface area contributed by atoms with Gasteiger partial charge in [-0.3, -0.25) is 4.99 Å². The lowest BCUT2D eigenvalue weighted by molar-refractivity contribution is 0.539. The van der Waals surface area contributed by atoms with Crippen molar-refractivity contribution in [2.24, 2.45) is 4.99 Å². The van der Waals surface area contributed by atoms with Gasteiger partial charge in [-0.05, 0) is 36.4 Å². The van der Waals surface area contributed by atoms with E-state index in [1.54, 1.807) is 24.0 Å². The first kappa shape index (κ1) is 17.8. The van der Waals surface area contributed by atoms with Crippen molar-refractivity contribution < 1.29 is 0 Å². The lowest BCUT2D eigenvalue weighted by Crippen LogP contribution is -2.49. The lowest BCUT2D eigenvalue weighted by atomic mass is 10.1. The van der Waals surface area contributed by atoms with Crippen LogP contribution in [0.3, 0.4) is 0 Å². The largest absolute Gasteiger partial charge is 0.361 e. The predicted octanol–water partition coefficient (Wildman–Crippen LogP) is 2.82. The highest BCUT2D eigenvalue weighted by atomic mass is 32.1. The maximum absolute atomic E-state index is 5.11. The quantitative estimate of drug-likeness (QED) is 0.535. The van der Waals surface area contributed by atoms with Crippen LogP contribution < -0.4 is 20.1 Å². The second kappa shape index (κ2) is 7.29. The third-order valence-electron chi connectivity index (χ3n) is 5.22. The van der Waals surface area contributed by atoms with E-state index in [0.717, 1.165) is 28.8 Å². The first-order valence-corrected chi connectivity index (χ1v) is 10.5. The molecule has 0 amide bonds. The molecule has 2 unspecified atom stereocenters. The first-order chi connectivity index (χ1) is 14.2. The van der Waals surface area contributed by atoms with Gasteiger partial charge in [-0.25, -0.2) is 15.0 Å². The molecule has 29 heavy (non-hydrogen) atoms. The molecule has 0 radical (unpaired) electrons. The molecule has 2 atom stereocenters. The van der Waals surface area contributed by atoms with Crippen LogP contribution in [0, 0.1) is 6.92 Å². The van der Waals surface area contributed by atoms with Crippen LogP contribution in [0.25, 0.3) is 17.4 Å². The number of para-hydroxylation sites is 1. The van der Waals surface area contributed by atoms with Crippen molar-refractivity contribution in [3.63, 3.8) is 0 Å². The molecular weight excluding hydrogens is 382 g/mol. The fourth-order valence-electron chi connectivity index (χ4n) is 3.71.